The molecule has 3 aliphatic rings. The van der Waals surface area contributed by atoms with Crippen LogP contribution in [0.25, 0.3) is 0 Å². The van der Waals surface area contributed by atoms with Crippen molar-refractivity contribution in [1.29, 1.82) is 0 Å². The summed E-state index contributed by atoms with van der Waals surface area (Å²) < 4.78 is 0. The molecular formula is C21H42N4. The summed E-state index contributed by atoms with van der Waals surface area (Å²) in [5.41, 5.74) is 0.652. The molecule has 3 heterocycles. The first-order valence-electron chi connectivity index (χ1n) is 11.1. The molecule has 0 aromatic rings. The molecule has 0 amide bonds. The molecule has 1 unspecified atom stereocenters. The Morgan fingerprint density at radius 2 is 1.48 bits per heavy atom. The first-order valence-corrected chi connectivity index (χ1v) is 11.1. The van der Waals surface area contributed by atoms with Crippen LogP contribution in [0.3, 0.4) is 0 Å². The van der Waals surface area contributed by atoms with E-state index in [-0.39, 0.29) is 0 Å². The van der Waals surface area contributed by atoms with E-state index in [1.807, 2.05) is 0 Å². The summed E-state index contributed by atoms with van der Waals surface area (Å²) in [6.45, 7) is 10.2. The second kappa shape index (κ2) is 10.2. The molecule has 1 atom stereocenters. The second-order valence-electron chi connectivity index (χ2n) is 9.08. The van der Waals surface area contributed by atoms with Gasteiger partial charge in [-0.15, -0.1) is 0 Å². The fraction of sp³-hybridized carbons (Fsp3) is 1.00. The Labute approximate surface area is 156 Å². The number of likely N-dealkylation sites (tertiary alicyclic amines) is 1. The predicted molar refractivity (Wildman–Crippen MR) is 107 cm³/mol. The highest BCUT2D eigenvalue weighted by Gasteiger charge is 2.38. The summed E-state index contributed by atoms with van der Waals surface area (Å²) in [6.07, 6.45) is 13.9. The third kappa shape index (κ3) is 6.50. The second-order valence-corrected chi connectivity index (χ2v) is 9.08. The van der Waals surface area contributed by atoms with Gasteiger partial charge in [0.2, 0.25) is 0 Å². The van der Waals surface area contributed by atoms with Gasteiger partial charge >= 0.3 is 0 Å². The molecule has 3 saturated heterocycles. The van der Waals surface area contributed by atoms with E-state index in [0.717, 1.165) is 6.04 Å². The van der Waals surface area contributed by atoms with Crippen LogP contribution >= 0.6 is 0 Å². The van der Waals surface area contributed by atoms with E-state index in [2.05, 4.69) is 27.5 Å². The van der Waals surface area contributed by atoms with E-state index in [1.165, 1.54) is 117 Å². The summed E-state index contributed by atoms with van der Waals surface area (Å²) in [6, 6.07) is 0.725. The Morgan fingerprint density at radius 3 is 2.28 bits per heavy atom. The van der Waals surface area contributed by atoms with Crippen molar-refractivity contribution in [3.05, 3.63) is 0 Å². The molecule has 0 aliphatic carbocycles. The molecule has 4 nitrogen and oxygen atoms in total. The zero-order chi connectivity index (χ0) is 17.4. The van der Waals surface area contributed by atoms with E-state index < -0.39 is 0 Å². The summed E-state index contributed by atoms with van der Waals surface area (Å²) in [5.74, 6) is 0. The standard InChI is InChI=1S/C21H42N4/c1-24-16-9-21(10-17-24)8-13-23-20(18-21)19-25-14-6-3-2-4-11-22-12-5-7-15-25/h20,22-23H,2-19H2,1H3. The molecule has 0 saturated carbocycles. The maximum atomic E-state index is 3.87. The summed E-state index contributed by atoms with van der Waals surface area (Å²) in [5, 5.41) is 7.47. The lowest BCUT2D eigenvalue weighted by atomic mass is 9.69. The van der Waals surface area contributed by atoms with Gasteiger partial charge in [0.1, 0.15) is 0 Å². The fourth-order valence-electron chi connectivity index (χ4n) is 5.17. The number of nitrogens with one attached hydrogen (secondary N) is 2. The van der Waals surface area contributed by atoms with Crippen LogP contribution in [0.5, 0.6) is 0 Å². The van der Waals surface area contributed by atoms with Crippen LogP contribution in [0.2, 0.25) is 0 Å². The van der Waals surface area contributed by atoms with Gasteiger partial charge in [-0.05, 0) is 110 Å². The van der Waals surface area contributed by atoms with Crippen LogP contribution in [-0.4, -0.2) is 75.2 Å². The minimum absolute atomic E-state index is 0.652. The van der Waals surface area contributed by atoms with E-state index in [9.17, 15) is 0 Å². The molecule has 3 rings (SSSR count). The van der Waals surface area contributed by atoms with E-state index >= 15 is 0 Å². The molecule has 146 valence electrons. The highest BCUT2D eigenvalue weighted by Crippen LogP contribution is 2.41. The number of hydrogen-bond donors (Lipinski definition) is 2. The summed E-state index contributed by atoms with van der Waals surface area (Å²) >= 11 is 0. The molecule has 0 bridgehead atoms. The monoisotopic (exact) mass is 350 g/mol. The lowest BCUT2D eigenvalue weighted by Crippen LogP contribution is -2.52. The van der Waals surface area contributed by atoms with Crippen molar-refractivity contribution in [1.82, 2.24) is 20.4 Å². The van der Waals surface area contributed by atoms with Gasteiger partial charge < -0.3 is 20.4 Å². The number of rotatable bonds is 2. The van der Waals surface area contributed by atoms with Gasteiger partial charge in [0.05, 0.1) is 0 Å². The third-order valence-electron chi connectivity index (χ3n) is 6.95. The van der Waals surface area contributed by atoms with E-state index in [4.69, 9.17) is 0 Å². The van der Waals surface area contributed by atoms with Crippen molar-refractivity contribution in [3.8, 4) is 0 Å². The molecule has 25 heavy (non-hydrogen) atoms. The van der Waals surface area contributed by atoms with Crippen molar-refractivity contribution < 1.29 is 0 Å². The lowest BCUT2D eigenvalue weighted by Gasteiger charge is -2.47. The van der Waals surface area contributed by atoms with Gasteiger partial charge in [-0.25, -0.2) is 0 Å². The average Bonchev–Trinajstić information content (AvgIpc) is 2.60. The minimum Gasteiger partial charge on any atom is -0.317 e. The molecule has 3 fully saturated rings. The molecule has 0 aromatic carbocycles. The summed E-state index contributed by atoms with van der Waals surface area (Å²) in [7, 11) is 2.29. The van der Waals surface area contributed by atoms with Crippen LogP contribution in [0, 0.1) is 5.41 Å². The van der Waals surface area contributed by atoms with Gasteiger partial charge in [0.25, 0.3) is 0 Å². The Kier molecular flexibility index (Phi) is 8.03. The fourth-order valence-corrected chi connectivity index (χ4v) is 5.17. The topological polar surface area (TPSA) is 30.5 Å². The van der Waals surface area contributed by atoms with E-state index in [1.54, 1.807) is 0 Å². The number of nitrogens with zero attached hydrogens (tertiary/aromatic N) is 2. The highest BCUT2D eigenvalue weighted by atomic mass is 15.2. The van der Waals surface area contributed by atoms with Crippen LogP contribution in [0.4, 0.5) is 0 Å². The smallest absolute Gasteiger partial charge is 0.0200 e. The van der Waals surface area contributed by atoms with Crippen molar-refractivity contribution >= 4 is 0 Å². The Hall–Kier alpha value is -0.160. The highest BCUT2D eigenvalue weighted by molar-refractivity contribution is 4.94. The number of hydrogen-bond acceptors (Lipinski definition) is 4. The molecule has 3 aliphatic heterocycles. The third-order valence-corrected chi connectivity index (χ3v) is 6.95. The van der Waals surface area contributed by atoms with Crippen molar-refractivity contribution in [2.75, 3.05) is 59.4 Å². The van der Waals surface area contributed by atoms with Gasteiger partial charge in [-0.1, -0.05) is 12.8 Å². The lowest BCUT2D eigenvalue weighted by molar-refractivity contribution is 0.0593. The zero-order valence-electron chi connectivity index (χ0n) is 16.7. The Bertz CT molecular complexity index is 353. The van der Waals surface area contributed by atoms with Gasteiger partial charge in [-0.3, -0.25) is 0 Å². The van der Waals surface area contributed by atoms with Gasteiger partial charge in [-0.2, -0.15) is 0 Å². The van der Waals surface area contributed by atoms with Crippen molar-refractivity contribution in [2.24, 2.45) is 5.41 Å². The SMILES string of the molecule is CN1CCC2(CCNC(CN3CCCCCCNCCCC3)C2)CC1. The minimum atomic E-state index is 0.652. The normalized spacial score (nSPS) is 31.3. The molecule has 4 heteroatoms. The first-order chi connectivity index (χ1) is 12.3. The van der Waals surface area contributed by atoms with E-state index in [0.29, 0.717) is 5.41 Å². The molecule has 1 spiro atoms. The Morgan fingerprint density at radius 1 is 0.800 bits per heavy atom. The first kappa shape index (κ1) is 19.6. The van der Waals surface area contributed by atoms with Crippen molar-refractivity contribution in [3.63, 3.8) is 0 Å². The maximum Gasteiger partial charge on any atom is 0.0200 e. The average molecular weight is 351 g/mol. The quantitative estimate of drug-likeness (QED) is 0.802. The predicted octanol–water partition coefficient (Wildman–Crippen LogP) is 2.70. The molecular weight excluding hydrogens is 308 g/mol. The summed E-state index contributed by atoms with van der Waals surface area (Å²) in [4.78, 5) is 5.31. The van der Waals surface area contributed by atoms with Crippen LogP contribution in [-0.2, 0) is 0 Å². The molecule has 0 aromatic heterocycles. The molecule has 0 radical (unpaired) electrons. The van der Waals surface area contributed by atoms with Crippen LogP contribution in [0.15, 0.2) is 0 Å². The maximum absolute atomic E-state index is 3.87. The van der Waals surface area contributed by atoms with Crippen LogP contribution in [0.1, 0.15) is 64.2 Å². The Balaban J connectivity index is 1.48. The van der Waals surface area contributed by atoms with Crippen molar-refractivity contribution in [2.45, 2.75) is 70.3 Å². The van der Waals surface area contributed by atoms with Gasteiger partial charge in [0.15, 0.2) is 0 Å². The zero-order valence-corrected chi connectivity index (χ0v) is 16.7. The van der Waals surface area contributed by atoms with Gasteiger partial charge in [0, 0.05) is 12.6 Å². The molecule has 2 N–H and O–H groups in total. The number of piperidine rings is 2. The van der Waals surface area contributed by atoms with Crippen LogP contribution < -0.4 is 10.6 Å². The largest absolute Gasteiger partial charge is 0.317 e.